The molecular weight excluding hydrogens is 434 g/mol. The second-order valence-electron chi connectivity index (χ2n) is 5.81. The third kappa shape index (κ3) is 8.77. The Morgan fingerprint density at radius 1 is 0.963 bits per heavy atom. The fourth-order valence-corrected chi connectivity index (χ4v) is 3.92. The Hall–Kier alpha value is -0.880. The van der Waals surface area contributed by atoms with Gasteiger partial charge >= 0.3 is 0 Å². The zero-order valence-electron chi connectivity index (χ0n) is 14.8. The van der Waals surface area contributed by atoms with E-state index >= 15 is 0 Å². The van der Waals surface area contributed by atoms with Crippen molar-refractivity contribution in [3.8, 4) is 0 Å². The number of aliphatic hydroxyl groups excluding tert-OH is 1. The van der Waals surface area contributed by atoms with Crippen molar-refractivity contribution in [3.63, 3.8) is 0 Å². The number of aliphatic hydroxyl groups is 1. The topological polar surface area (TPSA) is 189 Å². The van der Waals surface area contributed by atoms with Crippen LogP contribution in [0.25, 0.3) is 0 Å². The van der Waals surface area contributed by atoms with Crippen LogP contribution >= 0.6 is 0 Å². The maximum atomic E-state index is 11.6. The van der Waals surface area contributed by atoms with Crippen LogP contribution < -0.4 is 5.32 Å². The molecule has 1 rings (SSSR count). The van der Waals surface area contributed by atoms with E-state index in [4.69, 9.17) is 13.1 Å². The van der Waals surface area contributed by atoms with E-state index < -0.39 is 73.5 Å². The zero-order valence-corrected chi connectivity index (χ0v) is 17.2. The summed E-state index contributed by atoms with van der Waals surface area (Å²) in [5, 5.41) is 12.3. The van der Waals surface area contributed by atoms with Gasteiger partial charge in [0, 0.05) is 6.92 Å². The van der Waals surface area contributed by atoms with Gasteiger partial charge in [-0.15, -0.1) is 0 Å². The van der Waals surface area contributed by atoms with Crippen molar-refractivity contribution in [2.75, 3.05) is 25.4 Å². The van der Waals surface area contributed by atoms with Gasteiger partial charge in [0.25, 0.3) is 30.4 Å². The summed E-state index contributed by atoms with van der Waals surface area (Å²) in [4.78, 5) is 11.4. The number of amides is 1. The monoisotopic (exact) mass is 455 g/mol. The first-order chi connectivity index (χ1) is 12.0. The predicted molar refractivity (Wildman–Crippen MR) is 88.7 cm³/mol. The number of nitrogens with one attached hydrogen (secondary N) is 1. The largest absolute Gasteiger partial charge is 0.366 e. The molecule has 0 radical (unpaired) electrons. The summed E-state index contributed by atoms with van der Waals surface area (Å²) in [5.41, 5.74) is 0. The first kappa shape index (κ1) is 24.2. The molecule has 0 bridgehead atoms. The van der Waals surface area contributed by atoms with Crippen LogP contribution in [0, 0.1) is 0 Å². The van der Waals surface area contributed by atoms with E-state index in [2.05, 4.69) is 9.50 Å². The van der Waals surface area contributed by atoms with Crippen LogP contribution in [0.15, 0.2) is 0 Å². The summed E-state index contributed by atoms with van der Waals surface area (Å²) in [7, 11) is -12.4. The molecule has 1 aliphatic heterocycles. The Bertz CT molecular complexity index is 849. The molecule has 2 N–H and O–H groups in total. The summed E-state index contributed by atoms with van der Waals surface area (Å²) >= 11 is 0. The Labute approximate surface area is 157 Å². The van der Waals surface area contributed by atoms with Crippen molar-refractivity contribution in [3.05, 3.63) is 0 Å². The lowest BCUT2D eigenvalue weighted by atomic mass is 9.97. The lowest BCUT2D eigenvalue weighted by Crippen LogP contribution is -2.66. The summed E-state index contributed by atoms with van der Waals surface area (Å²) in [6.45, 7) is 0.238. The van der Waals surface area contributed by atoms with Crippen molar-refractivity contribution in [1.82, 2.24) is 5.32 Å². The number of rotatable bonds is 8. The van der Waals surface area contributed by atoms with Crippen molar-refractivity contribution in [2.24, 2.45) is 0 Å². The third-order valence-electron chi connectivity index (χ3n) is 3.05. The number of hydrogen-bond donors (Lipinski definition) is 2. The number of carbonyl (C=O) groups is 1. The highest BCUT2D eigenvalue weighted by atomic mass is 32.2. The summed E-state index contributed by atoms with van der Waals surface area (Å²) in [6, 6.07) is -1.54. The molecule has 5 atom stereocenters. The molecule has 0 aromatic carbocycles. The van der Waals surface area contributed by atoms with Crippen LogP contribution in [0.5, 0.6) is 0 Å². The first-order valence-electron chi connectivity index (χ1n) is 7.20. The van der Waals surface area contributed by atoms with Gasteiger partial charge in [-0.3, -0.25) is 17.3 Å². The Balaban J connectivity index is 3.34. The average Bonchev–Trinajstić information content (AvgIpc) is 2.40. The standard InChI is InChI=1S/C11H21NO12S3/c1-6(13)12-8-10(24-27(4,19)20)9(23-26(3,17)18)7(22-11(8)14)5-21-25(2,15)16/h7-11,14H,5H2,1-4H3,(H,12,13). The van der Waals surface area contributed by atoms with E-state index in [1.54, 1.807) is 0 Å². The van der Waals surface area contributed by atoms with E-state index in [1.165, 1.54) is 0 Å². The minimum absolute atomic E-state index is 0.650. The molecule has 160 valence electrons. The average molecular weight is 455 g/mol. The van der Waals surface area contributed by atoms with E-state index in [1.807, 2.05) is 0 Å². The molecule has 16 heteroatoms. The molecule has 13 nitrogen and oxygen atoms in total. The van der Waals surface area contributed by atoms with Crippen molar-refractivity contribution in [2.45, 2.75) is 37.6 Å². The van der Waals surface area contributed by atoms with E-state index in [9.17, 15) is 35.2 Å². The van der Waals surface area contributed by atoms with Gasteiger partial charge in [-0.1, -0.05) is 0 Å². The fourth-order valence-electron chi connectivity index (χ4n) is 2.27. The molecule has 1 heterocycles. The van der Waals surface area contributed by atoms with E-state index in [-0.39, 0.29) is 0 Å². The molecule has 1 saturated heterocycles. The highest BCUT2D eigenvalue weighted by molar-refractivity contribution is 7.86. The number of hydrogen-bond acceptors (Lipinski definition) is 12. The molecule has 1 amide bonds. The maximum absolute atomic E-state index is 11.6. The predicted octanol–water partition coefficient (Wildman–Crippen LogP) is -3.13. The minimum atomic E-state index is -4.22. The molecule has 1 fully saturated rings. The van der Waals surface area contributed by atoms with Gasteiger partial charge in [0.2, 0.25) is 5.91 Å². The molecular formula is C11H21NO12S3. The lowest BCUT2D eigenvalue weighted by molar-refractivity contribution is -0.241. The van der Waals surface area contributed by atoms with Gasteiger partial charge in [-0.2, -0.15) is 25.3 Å². The van der Waals surface area contributed by atoms with E-state index in [0.717, 1.165) is 6.92 Å². The third-order valence-corrected chi connectivity index (χ3v) is 4.76. The van der Waals surface area contributed by atoms with Crippen LogP contribution in [0.1, 0.15) is 6.92 Å². The second-order valence-corrected chi connectivity index (χ2v) is 10.7. The Morgan fingerprint density at radius 3 is 1.85 bits per heavy atom. The van der Waals surface area contributed by atoms with Crippen LogP contribution in [-0.4, -0.2) is 92.3 Å². The molecule has 1 aliphatic rings. The Morgan fingerprint density at radius 2 is 1.44 bits per heavy atom. The number of ether oxygens (including phenoxy) is 1. The van der Waals surface area contributed by atoms with Gasteiger partial charge in [0.05, 0.1) is 25.4 Å². The molecule has 0 saturated carbocycles. The summed E-state index contributed by atoms with van der Waals surface area (Å²) in [6.07, 6.45) is -4.97. The van der Waals surface area contributed by atoms with Crippen molar-refractivity contribution in [1.29, 1.82) is 0 Å². The molecule has 27 heavy (non-hydrogen) atoms. The fraction of sp³-hybridized carbons (Fsp3) is 0.909. The zero-order chi connectivity index (χ0) is 21.2. The highest BCUT2D eigenvalue weighted by Gasteiger charge is 2.50. The van der Waals surface area contributed by atoms with Crippen LogP contribution in [0.4, 0.5) is 0 Å². The number of carbonyl (C=O) groups excluding carboxylic acids is 1. The minimum Gasteiger partial charge on any atom is -0.366 e. The molecule has 5 unspecified atom stereocenters. The molecule has 0 spiro atoms. The quantitative estimate of drug-likeness (QED) is 0.351. The van der Waals surface area contributed by atoms with Crippen molar-refractivity contribution >= 4 is 36.3 Å². The second kappa shape index (κ2) is 8.64. The maximum Gasteiger partial charge on any atom is 0.264 e. The van der Waals surface area contributed by atoms with Crippen LogP contribution in [0.3, 0.4) is 0 Å². The summed E-state index contributed by atoms with van der Waals surface area (Å²) in [5.74, 6) is -0.714. The first-order valence-corrected chi connectivity index (χ1v) is 12.6. The molecule has 0 aliphatic carbocycles. The molecule has 0 aromatic rings. The van der Waals surface area contributed by atoms with Crippen molar-refractivity contribution < 1.29 is 52.4 Å². The van der Waals surface area contributed by atoms with Gasteiger partial charge in [-0.05, 0) is 0 Å². The van der Waals surface area contributed by atoms with Gasteiger partial charge in [-0.25, -0.2) is 0 Å². The summed E-state index contributed by atoms with van der Waals surface area (Å²) < 4.78 is 87.9. The molecule has 0 aromatic heterocycles. The van der Waals surface area contributed by atoms with Gasteiger partial charge in [0.1, 0.15) is 24.4 Å². The van der Waals surface area contributed by atoms with Crippen LogP contribution in [0.2, 0.25) is 0 Å². The normalized spacial score (nSPS) is 30.0. The van der Waals surface area contributed by atoms with Crippen LogP contribution in [-0.2, 0) is 52.4 Å². The SMILES string of the molecule is CC(=O)NC1C(O)OC(COS(C)(=O)=O)C(OS(C)(=O)=O)C1OS(C)(=O)=O. The van der Waals surface area contributed by atoms with E-state index in [0.29, 0.717) is 18.8 Å². The lowest BCUT2D eigenvalue weighted by Gasteiger charge is -2.43. The van der Waals surface area contributed by atoms with Gasteiger partial charge < -0.3 is 15.2 Å². The van der Waals surface area contributed by atoms with Gasteiger partial charge in [0.15, 0.2) is 6.29 Å². The highest BCUT2D eigenvalue weighted by Crippen LogP contribution is 2.28. The Kier molecular flexibility index (Phi) is 7.73. The smallest absolute Gasteiger partial charge is 0.264 e.